The molecule has 2 aromatic rings. The molecule has 2 rings (SSSR count). The van der Waals surface area contributed by atoms with E-state index in [0.29, 0.717) is 6.42 Å². The van der Waals surface area contributed by atoms with E-state index in [1.54, 1.807) is 13.0 Å². The van der Waals surface area contributed by atoms with Gasteiger partial charge in [0.2, 0.25) is 11.8 Å². The van der Waals surface area contributed by atoms with Crippen LogP contribution in [0.2, 0.25) is 0 Å². The van der Waals surface area contributed by atoms with Gasteiger partial charge in [-0.25, -0.2) is 17.6 Å². The summed E-state index contributed by atoms with van der Waals surface area (Å²) in [6.45, 7) is 3.67. The van der Waals surface area contributed by atoms with Crippen molar-refractivity contribution in [3.05, 3.63) is 46.6 Å². The molecule has 0 saturated heterocycles. The summed E-state index contributed by atoms with van der Waals surface area (Å²) < 4.78 is 42.2. The Morgan fingerprint density at radius 1 is 1.03 bits per heavy atom. The number of halogens is 1. The van der Waals surface area contributed by atoms with Crippen molar-refractivity contribution in [1.82, 2.24) is 0 Å². The first-order valence-corrected chi connectivity index (χ1v) is 11.6. The standard InChI is InChI=1S/C19H21FN2O6S2/c1-3-14-9-15(19(25)28-4-2)18(29-14)22-17(24)11-30(26,27)10-16(23)21-13-7-5-12(20)6-8-13/h5-9H,3-4,10-11H2,1-2H3,(H,21,23)(H,22,24). The zero-order valence-corrected chi connectivity index (χ0v) is 18.0. The summed E-state index contributed by atoms with van der Waals surface area (Å²) in [6, 6.07) is 6.38. The van der Waals surface area contributed by atoms with Crippen LogP contribution in [0.1, 0.15) is 29.1 Å². The van der Waals surface area contributed by atoms with Crippen molar-refractivity contribution in [1.29, 1.82) is 0 Å². The molecule has 0 aliphatic rings. The second-order valence-corrected chi connectivity index (χ2v) is 9.37. The van der Waals surface area contributed by atoms with E-state index >= 15 is 0 Å². The van der Waals surface area contributed by atoms with Crippen molar-refractivity contribution < 1.29 is 31.9 Å². The molecule has 1 heterocycles. The Bertz CT molecular complexity index is 1030. The van der Waals surface area contributed by atoms with Crippen LogP contribution in [0.4, 0.5) is 15.1 Å². The van der Waals surface area contributed by atoms with E-state index in [4.69, 9.17) is 4.74 Å². The number of carbonyl (C=O) groups is 3. The number of sulfone groups is 1. The number of hydrogen-bond acceptors (Lipinski definition) is 7. The van der Waals surface area contributed by atoms with Crippen molar-refractivity contribution in [3.63, 3.8) is 0 Å². The Kier molecular flexibility index (Phi) is 8.07. The molecule has 0 aliphatic heterocycles. The molecule has 0 aliphatic carbocycles. The number of ether oxygens (including phenoxy) is 1. The molecule has 0 unspecified atom stereocenters. The smallest absolute Gasteiger partial charge is 0.341 e. The molecule has 0 fully saturated rings. The van der Waals surface area contributed by atoms with Crippen LogP contribution in [0, 0.1) is 5.82 Å². The van der Waals surface area contributed by atoms with Gasteiger partial charge < -0.3 is 15.4 Å². The summed E-state index contributed by atoms with van der Waals surface area (Å²) in [5.74, 6) is -4.71. The van der Waals surface area contributed by atoms with Crippen LogP contribution in [0.3, 0.4) is 0 Å². The predicted molar refractivity (Wildman–Crippen MR) is 112 cm³/mol. The largest absolute Gasteiger partial charge is 0.462 e. The molecule has 0 saturated carbocycles. The van der Waals surface area contributed by atoms with Crippen LogP contribution in [-0.4, -0.2) is 44.3 Å². The number of thiophene rings is 1. The number of anilines is 2. The minimum atomic E-state index is -4.08. The Balaban J connectivity index is 2.01. The summed E-state index contributed by atoms with van der Waals surface area (Å²) in [5, 5.41) is 4.93. The highest BCUT2D eigenvalue weighted by Gasteiger charge is 2.24. The monoisotopic (exact) mass is 456 g/mol. The predicted octanol–water partition coefficient (Wildman–Crippen LogP) is 2.62. The number of benzene rings is 1. The third-order valence-electron chi connectivity index (χ3n) is 3.71. The molecule has 0 atom stereocenters. The van der Waals surface area contributed by atoms with Gasteiger partial charge in [0.15, 0.2) is 9.84 Å². The second-order valence-electron chi connectivity index (χ2n) is 6.17. The quantitative estimate of drug-likeness (QED) is 0.560. The Labute approximate surface area is 177 Å². The molecule has 2 amide bonds. The van der Waals surface area contributed by atoms with E-state index < -0.39 is 44.9 Å². The lowest BCUT2D eigenvalue weighted by molar-refractivity contribution is -0.114. The van der Waals surface area contributed by atoms with Crippen LogP contribution in [0.5, 0.6) is 0 Å². The first kappa shape index (κ1) is 23.5. The van der Waals surface area contributed by atoms with Gasteiger partial charge in [-0.3, -0.25) is 9.59 Å². The van der Waals surface area contributed by atoms with Crippen molar-refractivity contribution in [2.45, 2.75) is 20.3 Å². The van der Waals surface area contributed by atoms with Gasteiger partial charge in [0.05, 0.1) is 12.2 Å². The van der Waals surface area contributed by atoms with Crippen LogP contribution >= 0.6 is 11.3 Å². The second kappa shape index (κ2) is 10.3. The number of nitrogens with one attached hydrogen (secondary N) is 2. The molecule has 162 valence electrons. The summed E-state index contributed by atoms with van der Waals surface area (Å²) in [4.78, 5) is 37.0. The number of aryl methyl sites for hydroxylation is 1. The summed E-state index contributed by atoms with van der Waals surface area (Å²) in [5.41, 5.74) is 0.379. The van der Waals surface area contributed by atoms with Gasteiger partial charge in [-0.1, -0.05) is 6.92 Å². The summed E-state index contributed by atoms with van der Waals surface area (Å²) >= 11 is 1.15. The number of amides is 2. The SMILES string of the molecule is CCOC(=O)c1cc(CC)sc1NC(=O)CS(=O)(=O)CC(=O)Nc1ccc(F)cc1. The van der Waals surface area contributed by atoms with Crippen LogP contribution in [0.25, 0.3) is 0 Å². The van der Waals surface area contributed by atoms with Crippen molar-refractivity contribution in [3.8, 4) is 0 Å². The number of rotatable bonds is 9. The third kappa shape index (κ3) is 6.92. The molecule has 0 radical (unpaired) electrons. The fourth-order valence-electron chi connectivity index (χ4n) is 2.41. The lowest BCUT2D eigenvalue weighted by atomic mass is 10.2. The van der Waals surface area contributed by atoms with Gasteiger partial charge in [-0.15, -0.1) is 11.3 Å². The van der Waals surface area contributed by atoms with E-state index in [0.717, 1.165) is 28.3 Å². The zero-order valence-electron chi connectivity index (χ0n) is 16.4. The average Bonchev–Trinajstić information content (AvgIpc) is 3.05. The molecular formula is C19H21FN2O6S2. The third-order valence-corrected chi connectivity index (χ3v) is 6.31. The molecule has 11 heteroatoms. The van der Waals surface area contributed by atoms with E-state index in [1.165, 1.54) is 12.1 Å². The minimum Gasteiger partial charge on any atom is -0.462 e. The normalized spacial score (nSPS) is 11.0. The zero-order chi connectivity index (χ0) is 22.3. The maximum absolute atomic E-state index is 12.9. The van der Waals surface area contributed by atoms with Crippen molar-refractivity contribution in [2.24, 2.45) is 0 Å². The Morgan fingerprint density at radius 2 is 1.63 bits per heavy atom. The molecule has 2 N–H and O–H groups in total. The topological polar surface area (TPSA) is 119 Å². The fraction of sp³-hybridized carbons (Fsp3) is 0.316. The molecule has 1 aromatic carbocycles. The van der Waals surface area contributed by atoms with E-state index in [2.05, 4.69) is 10.6 Å². The first-order chi connectivity index (χ1) is 14.1. The fourth-order valence-corrected chi connectivity index (χ4v) is 4.46. The Hall–Kier alpha value is -2.79. The lowest BCUT2D eigenvalue weighted by Crippen LogP contribution is -2.30. The maximum Gasteiger partial charge on any atom is 0.341 e. The van der Waals surface area contributed by atoms with Crippen LogP contribution in [0.15, 0.2) is 30.3 Å². The first-order valence-electron chi connectivity index (χ1n) is 8.99. The van der Waals surface area contributed by atoms with Gasteiger partial charge in [0.1, 0.15) is 22.3 Å². The highest BCUT2D eigenvalue weighted by molar-refractivity contribution is 7.92. The molecule has 0 bridgehead atoms. The molecule has 1 aromatic heterocycles. The lowest BCUT2D eigenvalue weighted by Gasteiger charge is -2.08. The van der Waals surface area contributed by atoms with E-state index in [-0.39, 0.29) is 22.9 Å². The van der Waals surface area contributed by atoms with Gasteiger partial charge >= 0.3 is 5.97 Å². The van der Waals surface area contributed by atoms with Crippen LogP contribution in [-0.2, 0) is 30.6 Å². The van der Waals surface area contributed by atoms with Crippen molar-refractivity contribution in [2.75, 3.05) is 28.7 Å². The summed E-state index contributed by atoms with van der Waals surface area (Å²) in [6.07, 6.45) is 0.620. The number of hydrogen-bond donors (Lipinski definition) is 2. The molecule has 0 spiro atoms. The average molecular weight is 457 g/mol. The van der Waals surface area contributed by atoms with E-state index in [1.807, 2.05) is 6.92 Å². The minimum absolute atomic E-state index is 0.151. The van der Waals surface area contributed by atoms with Gasteiger partial charge in [0, 0.05) is 10.6 Å². The molecule has 8 nitrogen and oxygen atoms in total. The highest BCUT2D eigenvalue weighted by Crippen LogP contribution is 2.29. The van der Waals surface area contributed by atoms with E-state index in [9.17, 15) is 27.2 Å². The summed E-state index contributed by atoms with van der Waals surface area (Å²) in [7, 11) is -4.08. The molecular weight excluding hydrogens is 435 g/mol. The molecule has 30 heavy (non-hydrogen) atoms. The van der Waals surface area contributed by atoms with Gasteiger partial charge in [-0.05, 0) is 43.7 Å². The Morgan fingerprint density at radius 3 is 2.20 bits per heavy atom. The van der Waals surface area contributed by atoms with Crippen LogP contribution < -0.4 is 10.6 Å². The van der Waals surface area contributed by atoms with Gasteiger partial charge in [-0.2, -0.15) is 0 Å². The van der Waals surface area contributed by atoms with Crippen molar-refractivity contribution >= 4 is 49.6 Å². The highest BCUT2D eigenvalue weighted by atomic mass is 32.2. The number of carbonyl (C=O) groups excluding carboxylic acids is 3. The van der Waals surface area contributed by atoms with Gasteiger partial charge in [0.25, 0.3) is 0 Å². The number of esters is 1. The maximum atomic E-state index is 12.9.